The summed E-state index contributed by atoms with van der Waals surface area (Å²) in [6.45, 7) is 1.97. The van der Waals surface area contributed by atoms with Crippen molar-refractivity contribution in [3.63, 3.8) is 0 Å². The van der Waals surface area contributed by atoms with Gasteiger partial charge < -0.3 is 4.74 Å². The van der Waals surface area contributed by atoms with Gasteiger partial charge in [-0.2, -0.15) is 0 Å². The molecular formula is C13H16O2. The Kier molecular flexibility index (Phi) is 3.17. The summed E-state index contributed by atoms with van der Waals surface area (Å²) in [5.74, 6) is 0. The van der Waals surface area contributed by atoms with Crippen LogP contribution in [0.15, 0.2) is 24.3 Å². The summed E-state index contributed by atoms with van der Waals surface area (Å²) < 4.78 is 5.25. The zero-order valence-corrected chi connectivity index (χ0v) is 8.98. The van der Waals surface area contributed by atoms with Crippen molar-refractivity contribution in [3.05, 3.63) is 35.4 Å². The standard InChI is InChI=1S/C8H8O.C5H8O/c1-7-3-2-4-8(5-7)6-9;1-2-5-3-4(1)6-5/h2-6H,1H3;4-5H,1-3H2. The Labute approximate surface area is 90.3 Å². The van der Waals surface area contributed by atoms with Crippen molar-refractivity contribution in [1.29, 1.82) is 0 Å². The van der Waals surface area contributed by atoms with Gasteiger partial charge in [0.25, 0.3) is 0 Å². The number of benzene rings is 1. The average molecular weight is 204 g/mol. The summed E-state index contributed by atoms with van der Waals surface area (Å²) in [4.78, 5) is 10.2. The highest BCUT2D eigenvalue weighted by molar-refractivity contribution is 5.74. The van der Waals surface area contributed by atoms with Gasteiger partial charge in [0.05, 0.1) is 12.2 Å². The fourth-order valence-corrected chi connectivity index (χ4v) is 2.04. The maximum Gasteiger partial charge on any atom is 0.150 e. The van der Waals surface area contributed by atoms with E-state index in [9.17, 15) is 4.79 Å². The molecule has 3 fully saturated rings. The average Bonchev–Trinajstić information content (AvgIpc) is 2.80. The van der Waals surface area contributed by atoms with Crippen LogP contribution in [0.3, 0.4) is 0 Å². The monoisotopic (exact) mass is 204 g/mol. The van der Waals surface area contributed by atoms with Crippen molar-refractivity contribution in [2.75, 3.05) is 0 Å². The van der Waals surface area contributed by atoms with Crippen LogP contribution in [0.5, 0.6) is 0 Å². The summed E-state index contributed by atoms with van der Waals surface area (Å²) in [6, 6.07) is 7.49. The SMILES string of the molecule is C1CC2CC1O2.Cc1cccc(C=O)c1. The van der Waals surface area contributed by atoms with Crippen molar-refractivity contribution in [2.24, 2.45) is 0 Å². The van der Waals surface area contributed by atoms with Crippen LogP contribution in [0.4, 0.5) is 0 Å². The molecule has 2 aliphatic heterocycles. The van der Waals surface area contributed by atoms with Crippen molar-refractivity contribution in [1.82, 2.24) is 0 Å². The molecule has 1 aromatic carbocycles. The summed E-state index contributed by atoms with van der Waals surface area (Å²) in [7, 11) is 0. The van der Waals surface area contributed by atoms with Gasteiger partial charge >= 0.3 is 0 Å². The highest BCUT2D eigenvalue weighted by Gasteiger charge is 2.36. The fraction of sp³-hybridized carbons (Fsp3) is 0.462. The van der Waals surface area contributed by atoms with E-state index in [-0.39, 0.29) is 0 Å². The van der Waals surface area contributed by atoms with Crippen LogP contribution in [0.2, 0.25) is 0 Å². The minimum atomic E-state index is 0.690. The lowest BCUT2D eigenvalue weighted by molar-refractivity contribution is -0.0647. The van der Waals surface area contributed by atoms with Gasteiger partial charge in [0.1, 0.15) is 6.29 Å². The van der Waals surface area contributed by atoms with Gasteiger partial charge in [-0.3, -0.25) is 4.79 Å². The van der Waals surface area contributed by atoms with Crippen LogP contribution in [0, 0.1) is 6.92 Å². The van der Waals surface area contributed by atoms with Crippen molar-refractivity contribution in [3.8, 4) is 0 Å². The predicted molar refractivity (Wildman–Crippen MR) is 59.1 cm³/mol. The molecule has 2 bridgehead atoms. The number of rotatable bonds is 1. The zero-order chi connectivity index (χ0) is 10.7. The third-order valence-electron chi connectivity index (χ3n) is 2.90. The van der Waals surface area contributed by atoms with Crippen LogP contribution in [-0.4, -0.2) is 18.5 Å². The smallest absolute Gasteiger partial charge is 0.150 e. The van der Waals surface area contributed by atoms with Gasteiger partial charge in [-0.15, -0.1) is 0 Å². The molecular weight excluding hydrogens is 188 g/mol. The molecule has 2 atom stereocenters. The van der Waals surface area contributed by atoms with Gasteiger partial charge in [-0.1, -0.05) is 23.8 Å². The first-order chi connectivity index (χ1) is 7.28. The Bertz CT molecular complexity index is 327. The Balaban J connectivity index is 0.000000121. The first kappa shape index (κ1) is 10.4. The van der Waals surface area contributed by atoms with Gasteiger partial charge in [-0.25, -0.2) is 0 Å². The maximum absolute atomic E-state index is 10.2. The molecule has 2 unspecified atom stereocenters. The summed E-state index contributed by atoms with van der Waals surface area (Å²) in [6.07, 6.45) is 6.27. The topological polar surface area (TPSA) is 26.3 Å². The van der Waals surface area contributed by atoms with E-state index in [4.69, 9.17) is 4.74 Å². The first-order valence-electron chi connectivity index (χ1n) is 5.45. The Morgan fingerprint density at radius 3 is 2.33 bits per heavy atom. The van der Waals surface area contributed by atoms with Crippen LogP contribution >= 0.6 is 0 Å². The summed E-state index contributed by atoms with van der Waals surface area (Å²) in [5.41, 5.74) is 1.87. The van der Waals surface area contributed by atoms with E-state index in [0.717, 1.165) is 17.4 Å². The largest absolute Gasteiger partial charge is 0.375 e. The number of hydrogen-bond donors (Lipinski definition) is 0. The molecule has 3 aliphatic rings. The number of ether oxygens (including phenoxy) is 1. The van der Waals surface area contributed by atoms with E-state index in [0.29, 0.717) is 12.2 Å². The fourth-order valence-electron chi connectivity index (χ4n) is 2.04. The lowest BCUT2D eigenvalue weighted by atomic mass is 10.2. The molecule has 0 aromatic heterocycles. The summed E-state index contributed by atoms with van der Waals surface area (Å²) >= 11 is 0. The predicted octanol–water partition coefficient (Wildman–Crippen LogP) is 2.75. The normalized spacial score (nSPS) is 26.2. The van der Waals surface area contributed by atoms with E-state index in [1.54, 1.807) is 6.07 Å². The van der Waals surface area contributed by atoms with Crippen LogP contribution in [0.1, 0.15) is 35.2 Å². The number of carbonyl (C=O) groups is 1. The number of aldehydes is 1. The van der Waals surface area contributed by atoms with Crippen molar-refractivity contribution < 1.29 is 9.53 Å². The second kappa shape index (κ2) is 4.58. The van der Waals surface area contributed by atoms with Gasteiger partial charge in [0.2, 0.25) is 0 Å². The molecule has 1 aliphatic carbocycles. The quantitative estimate of drug-likeness (QED) is 0.657. The molecule has 0 spiro atoms. The van der Waals surface area contributed by atoms with Gasteiger partial charge in [-0.05, 0) is 32.3 Å². The Hall–Kier alpha value is -1.15. The molecule has 4 rings (SSSR count). The number of carbonyl (C=O) groups excluding carboxylic acids is 1. The summed E-state index contributed by atoms with van der Waals surface area (Å²) in [5, 5.41) is 0. The van der Waals surface area contributed by atoms with E-state index in [2.05, 4.69) is 0 Å². The Morgan fingerprint density at radius 1 is 1.33 bits per heavy atom. The van der Waals surface area contributed by atoms with Crippen molar-refractivity contribution >= 4 is 6.29 Å². The Morgan fingerprint density at radius 2 is 2.00 bits per heavy atom. The first-order valence-corrected chi connectivity index (χ1v) is 5.45. The molecule has 2 saturated heterocycles. The molecule has 1 saturated carbocycles. The maximum atomic E-state index is 10.2. The number of hydrogen-bond acceptors (Lipinski definition) is 2. The highest BCUT2D eigenvalue weighted by Crippen LogP contribution is 2.36. The van der Waals surface area contributed by atoms with E-state index < -0.39 is 0 Å². The third-order valence-corrected chi connectivity index (χ3v) is 2.90. The molecule has 15 heavy (non-hydrogen) atoms. The second-order valence-electron chi connectivity index (χ2n) is 4.23. The second-order valence-corrected chi connectivity index (χ2v) is 4.23. The molecule has 80 valence electrons. The van der Waals surface area contributed by atoms with Crippen molar-refractivity contribution in [2.45, 2.75) is 38.4 Å². The number of fused-ring (bicyclic) bond motifs is 1. The highest BCUT2D eigenvalue weighted by atomic mass is 16.5. The molecule has 2 nitrogen and oxygen atoms in total. The molecule has 2 heteroatoms. The molecule has 1 aromatic rings. The molecule has 2 heterocycles. The molecule has 0 N–H and O–H groups in total. The van der Waals surface area contributed by atoms with Gasteiger partial charge in [0, 0.05) is 5.56 Å². The zero-order valence-electron chi connectivity index (χ0n) is 8.98. The lowest BCUT2D eigenvalue weighted by Gasteiger charge is -2.23. The number of aryl methyl sites for hydroxylation is 1. The molecule has 0 amide bonds. The van der Waals surface area contributed by atoms with E-state index >= 15 is 0 Å². The van der Waals surface area contributed by atoms with Crippen LogP contribution in [-0.2, 0) is 4.74 Å². The minimum Gasteiger partial charge on any atom is -0.375 e. The lowest BCUT2D eigenvalue weighted by Crippen LogP contribution is -2.25. The third kappa shape index (κ3) is 2.66. The van der Waals surface area contributed by atoms with E-state index in [1.165, 1.54) is 19.3 Å². The minimum absolute atomic E-state index is 0.690. The van der Waals surface area contributed by atoms with E-state index in [1.807, 2.05) is 25.1 Å². The van der Waals surface area contributed by atoms with Crippen LogP contribution in [0.25, 0.3) is 0 Å². The van der Waals surface area contributed by atoms with Gasteiger partial charge in [0.15, 0.2) is 0 Å². The van der Waals surface area contributed by atoms with Crippen LogP contribution < -0.4 is 0 Å². The molecule has 0 radical (unpaired) electrons.